The first-order valence-electron chi connectivity index (χ1n) is 9.76. The second-order valence-corrected chi connectivity index (χ2v) is 7.50. The van der Waals surface area contributed by atoms with Gasteiger partial charge in [0, 0.05) is 12.6 Å². The topological polar surface area (TPSA) is 96.2 Å². The highest BCUT2D eigenvalue weighted by atomic mass is 16.4. The molecule has 1 aliphatic heterocycles. The first kappa shape index (κ1) is 20.1. The summed E-state index contributed by atoms with van der Waals surface area (Å²) in [4.78, 5) is 1.91. The van der Waals surface area contributed by atoms with Crippen LogP contribution in [0, 0.1) is 0 Å². The van der Waals surface area contributed by atoms with Gasteiger partial charge in [0.25, 0.3) is 0 Å². The van der Waals surface area contributed by atoms with Crippen LogP contribution in [-0.2, 0) is 0 Å². The van der Waals surface area contributed by atoms with Gasteiger partial charge in [-0.25, -0.2) is 0 Å². The van der Waals surface area contributed by atoms with Crippen LogP contribution in [0.15, 0.2) is 0 Å². The number of hydrogen-bond acceptors (Lipinski definition) is 6. The highest BCUT2D eigenvalue weighted by molar-refractivity contribution is 4.94. The lowest BCUT2D eigenvalue weighted by Gasteiger charge is -2.43. The number of nitrogens with zero attached hydrogens (tertiary/aromatic N) is 1. The van der Waals surface area contributed by atoms with E-state index in [1.54, 1.807) is 0 Å². The van der Waals surface area contributed by atoms with Gasteiger partial charge in [-0.3, -0.25) is 4.90 Å². The number of β-amino-alcohol motifs (C(OH)–C–C–N with tert-alkyl or cyclic N) is 1. The Kier molecular flexibility index (Phi) is 8.94. The lowest BCUT2D eigenvalue weighted by atomic mass is 9.94. The van der Waals surface area contributed by atoms with Gasteiger partial charge in [-0.1, -0.05) is 32.1 Å². The summed E-state index contributed by atoms with van der Waals surface area (Å²) in [6, 6.07) is 0.253. The quantitative estimate of drug-likeness (QED) is 0.384. The fourth-order valence-corrected chi connectivity index (χ4v) is 4.04. The summed E-state index contributed by atoms with van der Waals surface area (Å²) < 4.78 is 0. The Labute approximate surface area is 145 Å². The first-order chi connectivity index (χ1) is 11.6. The minimum atomic E-state index is -1.16. The molecule has 0 spiro atoms. The van der Waals surface area contributed by atoms with Gasteiger partial charge in [-0.15, -0.1) is 0 Å². The smallest absolute Gasteiger partial charge is 0.109 e. The zero-order valence-corrected chi connectivity index (χ0v) is 14.8. The Hall–Kier alpha value is -0.240. The van der Waals surface area contributed by atoms with Gasteiger partial charge in [-0.2, -0.15) is 0 Å². The van der Waals surface area contributed by atoms with Crippen LogP contribution in [-0.4, -0.2) is 82.0 Å². The first-order valence-corrected chi connectivity index (χ1v) is 9.76. The molecular formula is C18H36N2O4. The van der Waals surface area contributed by atoms with Crippen LogP contribution in [0.1, 0.15) is 57.8 Å². The van der Waals surface area contributed by atoms with Crippen molar-refractivity contribution in [3.63, 3.8) is 0 Å². The van der Waals surface area contributed by atoms with E-state index in [9.17, 15) is 20.4 Å². The molecule has 6 heteroatoms. The molecule has 2 rings (SSSR count). The van der Waals surface area contributed by atoms with Gasteiger partial charge in [0.1, 0.15) is 12.2 Å². The molecule has 1 saturated heterocycles. The lowest BCUT2D eigenvalue weighted by molar-refractivity contribution is -0.145. The van der Waals surface area contributed by atoms with E-state index in [0.717, 1.165) is 32.0 Å². The van der Waals surface area contributed by atoms with E-state index < -0.39 is 24.4 Å². The second-order valence-electron chi connectivity index (χ2n) is 7.50. The maximum atomic E-state index is 9.95. The summed E-state index contributed by atoms with van der Waals surface area (Å²) >= 11 is 0. The third kappa shape index (κ3) is 5.93. The van der Waals surface area contributed by atoms with Gasteiger partial charge in [-0.05, 0) is 38.8 Å². The minimum Gasteiger partial charge on any atom is -0.395 e. The molecule has 1 heterocycles. The highest BCUT2D eigenvalue weighted by Gasteiger charge is 2.40. The minimum absolute atomic E-state index is 0.198. The Morgan fingerprint density at radius 3 is 2.29 bits per heavy atom. The number of nitrogens with one attached hydrogen (secondary N) is 1. The van der Waals surface area contributed by atoms with E-state index in [1.165, 1.54) is 44.9 Å². The predicted molar refractivity (Wildman–Crippen MR) is 93.8 cm³/mol. The monoisotopic (exact) mass is 344 g/mol. The van der Waals surface area contributed by atoms with Crippen LogP contribution in [0.4, 0.5) is 0 Å². The molecule has 24 heavy (non-hydrogen) atoms. The summed E-state index contributed by atoms with van der Waals surface area (Å²) in [7, 11) is 0. The van der Waals surface area contributed by atoms with E-state index in [0.29, 0.717) is 6.54 Å². The molecule has 1 saturated carbocycles. The van der Waals surface area contributed by atoms with Crippen molar-refractivity contribution in [2.45, 2.75) is 88.2 Å². The van der Waals surface area contributed by atoms with Crippen molar-refractivity contribution in [1.82, 2.24) is 10.2 Å². The molecule has 2 fully saturated rings. The summed E-state index contributed by atoms with van der Waals surface area (Å²) in [6.45, 7) is 1.95. The summed E-state index contributed by atoms with van der Waals surface area (Å²) in [5.41, 5.74) is 0. The molecule has 6 nitrogen and oxygen atoms in total. The molecule has 1 aliphatic carbocycles. The van der Waals surface area contributed by atoms with Crippen molar-refractivity contribution in [2.24, 2.45) is 0 Å². The van der Waals surface area contributed by atoms with Gasteiger partial charge in [0.2, 0.25) is 0 Å². The third-order valence-electron chi connectivity index (χ3n) is 5.63. The van der Waals surface area contributed by atoms with Gasteiger partial charge in [0.15, 0.2) is 0 Å². The number of likely N-dealkylation sites (tertiary alicyclic amines) is 1. The largest absolute Gasteiger partial charge is 0.395 e. The van der Waals surface area contributed by atoms with Gasteiger partial charge < -0.3 is 25.7 Å². The normalized spacial score (nSPS) is 33.0. The van der Waals surface area contributed by atoms with Crippen LogP contribution >= 0.6 is 0 Å². The molecule has 2 aliphatic rings. The zero-order chi connectivity index (χ0) is 17.4. The number of aliphatic hydroxyl groups is 4. The molecule has 0 bridgehead atoms. The summed E-state index contributed by atoms with van der Waals surface area (Å²) in [5, 5.41) is 42.5. The Bertz CT molecular complexity index is 339. The van der Waals surface area contributed by atoms with Gasteiger partial charge >= 0.3 is 0 Å². The number of unbranched alkanes of at least 4 members (excludes halogenated alkanes) is 3. The molecule has 0 aromatic rings. The van der Waals surface area contributed by atoms with Crippen LogP contribution in [0.25, 0.3) is 0 Å². The van der Waals surface area contributed by atoms with Crippen molar-refractivity contribution < 1.29 is 20.4 Å². The van der Waals surface area contributed by atoms with E-state index in [-0.39, 0.29) is 6.61 Å². The van der Waals surface area contributed by atoms with Gasteiger partial charge in [0.05, 0.1) is 18.8 Å². The maximum absolute atomic E-state index is 9.95. The molecular weight excluding hydrogens is 308 g/mol. The van der Waals surface area contributed by atoms with Crippen molar-refractivity contribution in [3.05, 3.63) is 0 Å². The van der Waals surface area contributed by atoms with E-state index >= 15 is 0 Å². The van der Waals surface area contributed by atoms with E-state index in [4.69, 9.17) is 0 Å². The van der Waals surface area contributed by atoms with Crippen molar-refractivity contribution in [1.29, 1.82) is 0 Å². The highest BCUT2D eigenvalue weighted by Crippen LogP contribution is 2.20. The molecule has 0 aromatic heterocycles. The van der Waals surface area contributed by atoms with Crippen LogP contribution < -0.4 is 5.32 Å². The average molecular weight is 344 g/mol. The molecule has 4 atom stereocenters. The fraction of sp³-hybridized carbons (Fsp3) is 1.00. The molecule has 0 radical (unpaired) electrons. The van der Waals surface area contributed by atoms with Crippen molar-refractivity contribution >= 4 is 0 Å². The second kappa shape index (κ2) is 10.7. The zero-order valence-electron chi connectivity index (χ0n) is 14.8. The van der Waals surface area contributed by atoms with Crippen LogP contribution in [0.2, 0.25) is 0 Å². The Morgan fingerprint density at radius 1 is 0.875 bits per heavy atom. The predicted octanol–water partition coefficient (Wildman–Crippen LogP) is 0.228. The van der Waals surface area contributed by atoms with Crippen LogP contribution in [0.3, 0.4) is 0 Å². The van der Waals surface area contributed by atoms with Crippen molar-refractivity contribution in [2.75, 3.05) is 26.2 Å². The molecule has 0 unspecified atom stereocenters. The summed E-state index contributed by atoms with van der Waals surface area (Å²) in [6.07, 6.45) is 8.04. The standard InChI is InChI=1S/C18H36N2O4/c21-13-15-17(23)18(24)16(22)12-20(15)11-7-2-1-6-10-19-14-8-4-3-5-9-14/h14-19,21-24H,1-13H2/t15-,16+,17-,18-/m1/s1. The van der Waals surface area contributed by atoms with Crippen molar-refractivity contribution in [3.8, 4) is 0 Å². The lowest BCUT2D eigenvalue weighted by Crippen LogP contribution is -2.62. The van der Waals surface area contributed by atoms with E-state index in [1.807, 2.05) is 4.90 Å². The number of hydrogen-bond donors (Lipinski definition) is 5. The third-order valence-corrected chi connectivity index (χ3v) is 5.63. The number of rotatable bonds is 9. The molecule has 0 amide bonds. The average Bonchev–Trinajstić information content (AvgIpc) is 2.60. The fourth-order valence-electron chi connectivity index (χ4n) is 4.04. The number of piperidine rings is 1. The molecule has 5 N–H and O–H groups in total. The van der Waals surface area contributed by atoms with Crippen LogP contribution in [0.5, 0.6) is 0 Å². The Balaban J connectivity index is 1.54. The summed E-state index contributed by atoms with van der Waals surface area (Å²) in [5.74, 6) is 0. The SMILES string of the molecule is OC[C@@H]1[C@@H](O)[C@H](O)[C@@H](O)CN1CCCCCCNC1CCCCC1. The number of aliphatic hydroxyl groups excluding tert-OH is 4. The Morgan fingerprint density at radius 2 is 1.58 bits per heavy atom. The molecule has 142 valence electrons. The van der Waals surface area contributed by atoms with E-state index in [2.05, 4.69) is 5.32 Å². The molecule has 0 aromatic carbocycles. The maximum Gasteiger partial charge on any atom is 0.109 e.